The van der Waals surface area contributed by atoms with E-state index >= 15 is 0 Å². The molecule has 0 aliphatic rings. The number of aliphatic imine (C=N–C) groups is 1. The quantitative estimate of drug-likeness (QED) is 0.340. The van der Waals surface area contributed by atoms with Crippen LogP contribution in [0, 0.1) is 0 Å². The van der Waals surface area contributed by atoms with Gasteiger partial charge in [-0.05, 0) is 44.4 Å². The lowest BCUT2D eigenvalue weighted by atomic mass is 10.1. The van der Waals surface area contributed by atoms with Crippen molar-refractivity contribution in [3.8, 4) is 0 Å². The highest BCUT2D eigenvalue weighted by Crippen LogP contribution is 2.07. The van der Waals surface area contributed by atoms with Crippen molar-refractivity contribution < 1.29 is 9.21 Å². The van der Waals surface area contributed by atoms with Crippen molar-refractivity contribution >= 4 is 47.2 Å². The molecule has 0 unspecified atom stereocenters. The van der Waals surface area contributed by atoms with Crippen LogP contribution in [0.3, 0.4) is 0 Å². The first-order valence-electron chi connectivity index (χ1n) is 7.80. The summed E-state index contributed by atoms with van der Waals surface area (Å²) < 4.78 is 5.30. The lowest BCUT2D eigenvalue weighted by Crippen LogP contribution is -2.43. The van der Waals surface area contributed by atoms with E-state index in [9.17, 15) is 4.79 Å². The fraction of sp³-hybridized carbons (Fsp3) is 0.412. The maximum absolute atomic E-state index is 11.9. The third-order valence-electron chi connectivity index (χ3n) is 2.92. The van der Waals surface area contributed by atoms with Crippen molar-refractivity contribution in [1.82, 2.24) is 16.0 Å². The van der Waals surface area contributed by atoms with Gasteiger partial charge in [0.1, 0.15) is 12.3 Å². The molecule has 2 aromatic rings. The number of rotatable bonds is 6. The summed E-state index contributed by atoms with van der Waals surface area (Å²) in [6.07, 6.45) is 1.63. The van der Waals surface area contributed by atoms with Crippen LogP contribution in [0.1, 0.15) is 31.4 Å². The monoisotopic (exact) mass is 476 g/mol. The molecule has 0 aliphatic heterocycles. The van der Waals surface area contributed by atoms with E-state index in [2.05, 4.69) is 20.9 Å². The van der Waals surface area contributed by atoms with E-state index in [4.69, 9.17) is 4.42 Å². The molecule has 0 saturated heterocycles. The molecule has 2 rings (SSSR count). The molecule has 8 heteroatoms. The summed E-state index contributed by atoms with van der Waals surface area (Å²) in [4.78, 5) is 17.5. The first-order chi connectivity index (χ1) is 11.4. The highest BCUT2D eigenvalue weighted by atomic mass is 127. The Balaban J connectivity index is 0.00000312. The van der Waals surface area contributed by atoms with Crippen LogP contribution in [0.15, 0.2) is 45.3 Å². The van der Waals surface area contributed by atoms with Gasteiger partial charge in [-0.15, -0.1) is 35.3 Å². The molecule has 0 saturated carbocycles. The molecule has 138 valence electrons. The first-order valence-corrected chi connectivity index (χ1v) is 8.68. The minimum Gasteiger partial charge on any atom is -0.467 e. The number of carbonyl (C=O) groups excluding carboxylic acids is 1. The van der Waals surface area contributed by atoms with Crippen LogP contribution in [-0.4, -0.2) is 24.0 Å². The number of guanidine groups is 1. The minimum absolute atomic E-state index is 0. The van der Waals surface area contributed by atoms with Crippen molar-refractivity contribution in [3.05, 3.63) is 46.5 Å². The van der Waals surface area contributed by atoms with E-state index in [1.165, 1.54) is 4.88 Å². The van der Waals surface area contributed by atoms with Crippen molar-refractivity contribution in [2.75, 3.05) is 6.54 Å². The summed E-state index contributed by atoms with van der Waals surface area (Å²) in [6, 6.07) is 7.78. The Morgan fingerprint density at radius 1 is 1.20 bits per heavy atom. The van der Waals surface area contributed by atoms with Crippen molar-refractivity contribution in [2.45, 2.75) is 39.4 Å². The summed E-state index contributed by atoms with van der Waals surface area (Å²) in [6.45, 7) is 7.06. The molecule has 1 amide bonds. The van der Waals surface area contributed by atoms with Gasteiger partial charge in [0.05, 0.1) is 19.4 Å². The van der Waals surface area contributed by atoms with Crippen LogP contribution >= 0.6 is 35.3 Å². The first kappa shape index (κ1) is 21.5. The molecule has 0 fully saturated rings. The lowest BCUT2D eigenvalue weighted by Gasteiger charge is -2.20. The third kappa shape index (κ3) is 8.92. The number of halogens is 1. The van der Waals surface area contributed by atoms with E-state index in [-0.39, 0.29) is 42.0 Å². The normalized spacial score (nSPS) is 11.6. The number of thiophene rings is 1. The number of hydrogen-bond donors (Lipinski definition) is 3. The van der Waals surface area contributed by atoms with Crippen LogP contribution in [0.2, 0.25) is 0 Å². The van der Waals surface area contributed by atoms with Gasteiger partial charge < -0.3 is 20.4 Å². The second-order valence-corrected chi connectivity index (χ2v) is 7.36. The topological polar surface area (TPSA) is 78.7 Å². The molecule has 0 bridgehead atoms. The zero-order valence-corrected chi connectivity index (χ0v) is 17.8. The molecule has 25 heavy (non-hydrogen) atoms. The van der Waals surface area contributed by atoms with Crippen molar-refractivity contribution in [1.29, 1.82) is 0 Å². The van der Waals surface area contributed by atoms with Crippen LogP contribution < -0.4 is 16.0 Å². The Morgan fingerprint density at radius 2 is 1.96 bits per heavy atom. The molecular weight excluding hydrogens is 451 g/mol. The molecule has 0 aliphatic carbocycles. The van der Waals surface area contributed by atoms with Gasteiger partial charge in [0.25, 0.3) is 0 Å². The Morgan fingerprint density at radius 3 is 2.56 bits per heavy atom. The maximum atomic E-state index is 11.9. The highest BCUT2D eigenvalue weighted by molar-refractivity contribution is 14.0. The third-order valence-corrected chi connectivity index (χ3v) is 3.79. The molecule has 0 aromatic carbocycles. The van der Waals surface area contributed by atoms with Gasteiger partial charge in [0.15, 0.2) is 5.96 Å². The van der Waals surface area contributed by atoms with E-state index in [0.29, 0.717) is 19.0 Å². The van der Waals surface area contributed by atoms with Crippen LogP contribution in [-0.2, 0) is 17.9 Å². The van der Waals surface area contributed by atoms with Gasteiger partial charge in [0.2, 0.25) is 5.91 Å². The second-order valence-electron chi connectivity index (χ2n) is 6.33. The average Bonchev–Trinajstić information content (AvgIpc) is 3.18. The Kier molecular flexibility index (Phi) is 8.98. The summed E-state index contributed by atoms with van der Waals surface area (Å²) >= 11 is 1.67. The van der Waals surface area contributed by atoms with E-state index in [1.54, 1.807) is 17.6 Å². The Labute approximate surface area is 169 Å². The molecule has 2 heterocycles. The summed E-state index contributed by atoms with van der Waals surface area (Å²) in [5.74, 6) is 1.27. The number of amides is 1. The van der Waals surface area contributed by atoms with Crippen LogP contribution in [0.25, 0.3) is 0 Å². The summed E-state index contributed by atoms with van der Waals surface area (Å²) in [5, 5.41) is 11.3. The molecule has 0 radical (unpaired) electrons. The summed E-state index contributed by atoms with van der Waals surface area (Å²) in [5.41, 5.74) is -0.265. The lowest BCUT2D eigenvalue weighted by molar-refractivity contribution is -0.121. The number of nitrogens with one attached hydrogen (secondary N) is 3. The molecule has 0 atom stereocenters. The number of hydrogen-bond acceptors (Lipinski definition) is 4. The fourth-order valence-corrected chi connectivity index (χ4v) is 2.60. The van der Waals surface area contributed by atoms with Gasteiger partial charge in [-0.2, -0.15) is 0 Å². The zero-order valence-electron chi connectivity index (χ0n) is 14.7. The molecule has 6 nitrogen and oxygen atoms in total. The number of nitrogens with zero attached hydrogens (tertiary/aromatic N) is 1. The largest absolute Gasteiger partial charge is 0.467 e. The van der Waals surface area contributed by atoms with Crippen molar-refractivity contribution in [3.63, 3.8) is 0 Å². The van der Waals surface area contributed by atoms with Gasteiger partial charge in [0, 0.05) is 10.4 Å². The fourth-order valence-electron chi connectivity index (χ4n) is 1.95. The molecular formula is C17H25IN4O2S. The second kappa shape index (κ2) is 10.4. The molecule has 3 N–H and O–H groups in total. The zero-order chi connectivity index (χ0) is 17.4. The standard InChI is InChI=1S/C17H24N4O2S.HI/c1-17(2,3)21-15(22)12-20-16(18-10-13-6-4-8-23-13)19-11-14-7-5-9-24-14;/h4-9H,10-12H2,1-3H3,(H,21,22)(H2,18,19,20);1H. The Hall–Kier alpha value is -1.55. The SMILES string of the molecule is CC(C)(C)NC(=O)CN=C(NCc1ccco1)NCc1cccs1.I. The minimum atomic E-state index is -0.265. The number of furan rings is 1. The number of carbonyl (C=O) groups is 1. The van der Waals surface area contributed by atoms with Gasteiger partial charge in [-0.3, -0.25) is 4.79 Å². The average molecular weight is 476 g/mol. The van der Waals surface area contributed by atoms with Gasteiger partial charge >= 0.3 is 0 Å². The maximum Gasteiger partial charge on any atom is 0.242 e. The predicted octanol–water partition coefficient (Wildman–Crippen LogP) is 3.11. The predicted molar refractivity (Wildman–Crippen MR) is 112 cm³/mol. The van der Waals surface area contributed by atoms with Crippen LogP contribution in [0.5, 0.6) is 0 Å². The summed E-state index contributed by atoms with van der Waals surface area (Å²) in [7, 11) is 0. The molecule has 2 aromatic heterocycles. The van der Waals surface area contributed by atoms with E-state index in [0.717, 1.165) is 5.76 Å². The molecule has 0 spiro atoms. The van der Waals surface area contributed by atoms with Crippen LogP contribution in [0.4, 0.5) is 0 Å². The Bertz CT molecular complexity index is 609. The van der Waals surface area contributed by atoms with Gasteiger partial charge in [-0.1, -0.05) is 6.07 Å². The smallest absolute Gasteiger partial charge is 0.242 e. The van der Waals surface area contributed by atoms with Crippen molar-refractivity contribution in [2.24, 2.45) is 4.99 Å². The van der Waals surface area contributed by atoms with E-state index in [1.807, 2.05) is 50.4 Å². The van der Waals surface area contributed by atoms with E-state index < -0.39 is 0 Å². The highest BCUT2D eigenvalue weighted by Gasteiger charge is 2.13. The van der Waals surface area contributed by atoms with Gasteiger partial charge in [-0.25, -0.2) is 4.99 Å².